The highest BCUT2D eigenvalue weighted by atomic mass is 32.1. The molecule has 0 spiro atoms. The number of methoxy groups -OCH3 is 2. The normalized spacial score (nSPS) is 16.3. The van der Waals surface area contributed by atoms with Crippen molar-refractivity contribution in [2.45, 2.75) is 45.2 Å². The van der Waals surface area contributed by atoms with E-state index in [1.165, 1.54) is 0 Å². The predicted molar refractivity (Wildman–Crippen MR) is 122 cm³/mol. The summed E-state index contributed by atoms with van der Waals surface area (Å²) in [4.78, 5) is 16.5. The largest absolute Gasteiger partial charge is 0.493 e. The van der Waals surface area contributed by atoms with Crippen molar-refractivity contribution in [2.75, 3.05) is 27.8 Å². The molecule has 1 aromatic heterocycles. The third kappa shape index (κ3) is 4.68. The van der Waals surface area contributed by atoms with Crippen LogP contribution in [0.4, 0.5) is 0 Å². The first-order valence-corrected chi connectivity index (χ1v) is 11.3. The maximum atomic E-state index is 13.3. The molecule has 30 heavy (non-hydrogen) atoms. The van der Waals surface area contributed by atoms with Gasteiger partial charge in [-0.15, -0.1) is 11.3 Å². The first kappa shape index (κ1) is 22.3. The van der Waals surface area contributed by atoms with E-state index < -0.39 is 0 Å². The van der Waals surface area contributed by atoms with Crippen molar-refractivity contribution in [1.29, 1.82) is 0 Å². The summed E-state index contributed by atoms with van der Waals surface area (Å²) in [7, 11) is 5.26. The van der Waals surface area contributed by atoms with Crippen LogP contribution in [-0.2, 0) is 4.79 Å². The molecule has 7 heteroatoms. The van der Waals surface area contributed by atoms with Gasteiger partial charge in [0.1, 0.15) is 0 Å². The summed E-state index contributed by atoms with van der Waals surface area (Å²) in [5.74, 6) is 1.34. The molecule has 2 heterocycles. The Labute approximate surface area is 183 Å². The number of thiophene rings is 1. The number of hydrogen-bond acceptors (Lipinski definition) is 6. The molecule has 1 aliphatic heterocycles. The second kappa shape index (κ2) is 10.1. The van der Waals surface area contributed by atoms with Crippen LogP contribution in [0.3, 0.4) is 0 Å². The van der Waals surface area contributed by atoms with E-state index >= 15 is 0 Å². The number of amides is 1. The second-order valence-electron chi connectivity index (χ2n) is 7.48. The number of carbonyl (C=O) groups is 1. The van der Waals surface area contributed by atoms with Crippen molar-refractivity contribution in [3.05, 3.63) is 46.2 Å². The lowest BCUT2D eigenvalue weighted by atomic mass is 10.0. The maximum Gasteiger partial charge on any atom is 0.257 e. The van der Waals surface area contributed by atoms with Gasteiger partial charge in [-0.2, -0.15) is 5.10 Å². The van der Waals surface area contributed by atoms with E-state index in [2.05, 4.69) is 24.8 Å². The SMILES string of the molecule is CCC(CC)N(C)CC(=O)N1N=C(c2cccs2)CC1c1ccc(OC)c(OC)c1. The van der Waals surface area contributed by atoms with Crippen LogP contribution in [0.15, 0.2) is 40.8 Å². The van der Waals surface area contributed by atoms with Gasteiger partial charge >= 0.3 is 0 Å². The molecule has 1 aliphatic rings. The van der Waals surface area contributed by atoms with Gasteiger partial charge in [0.05, 0.1) is 37.4 Å². The zero-order valence-electron chi connectivity index (χ0n) is 18.4. The fraction of sp³-hybridized carbons (Fsp3) is 0.478. The number of ether oxygens (including phenoxy) is 2. The summed E-state index contributed by atoms with van der Waals surface area (Å²) in [6, 6.07) is 10.1. The Bertz CT molecular complexity index is 878. The first-order chi connectivity index (χ1) is 14.5. The molecule has 0 saturated carbocycles. The van der Waals surface area contributed by atoms with Crippen LogP contribution in [0.5, 0.6) is 11.5 Å². The third-order valence-corrected chi connectivity index (χ3v) is 6.63. The quantitative estimate of drug-likeness (QED) is 0.586. The number of benzene rings is 1. The van der Waals surface area contributed by atoms with Gasteiger partial charge in [-0.25, -0.2) is 5.01 Å². The number of rotatable bonds is 9. The fourth-order valence-electron chi connectivity index (χ4n) is 3.98. The number of hydrazone groups is 1. The maximum absolute atomic E-state index is 13.3. The Morgan fingerprint density at radius 2 is 1.97 bits per heavy atom. The topological polar surface area (TPSA) is 54.4 Å². The van der Waals surface area contributed by atoms with Crippen LogP contribution < -0.4 is 9.47 Å². The molecule has 6 nitrogen and oxygen atoms in total. The monoisotopic (exact) mass is 429 g/mol. The minimum atomic E-state index is -0.162. The van der Waals surface area contributed by atoms with Crippen molar-refractivity contribution in [3.8, 4) is 11.5 Å². The molecular formula is C23H31N3O3S. The summed E-state index contributed by atoms with van der Waals surface area (Å²) >= 11 is 1.65. The number of nitrogens with zero attached hydrogens (tertiary/aromatic N) is 3. The molecule has 1 aromatic carbocycles. The van der Waals surface area contributed by atoms with Gasteiger partial charge in [-0.1, -0.05) is 26.0 Å². The standard InChI is InChI=1S/C23H31N3O3S/c1-6-17(7-2)25(3)15-23(27)26-19(14-18(24-26)22-9-8-12-30-22)16-10-11-20(28-4)21(13-16)29-5/h8-13,17,19H,6-7,14-15H2,1-5H3. The van der Waals surface area contributed by atoms with Crippen LogP contribution in [0.2, 0.25) is 0 Å². The van der Waals surface area contributed by atoms with Gasteiger partial charge in [-0.05, 0) is 49.0 Å². The molecule has 2 aromatic rings. The first-order valence-electron chi connectivity index (χ1n) is 10.4. The van der Waals surface area contributed by atoms with E-state index in [0.29, 0.717) is 30.5 Å². The Kier molecular flexibility index (Phi) is 7.50. The molecule has 0 bridgehead atoms. The van der Waals surface area contributed by atoms with E-state index in [0.717, 1.165) is 29.0 Å². The number of carbonyl (C=O) groups excluding carboxylic acids is 1. The summed E-state index contributed by atoms with van der Waals surface area (Å²) in [5.41, 5.74) is 1.94. The molecule has 1 amide bonds. The van der Waals surface area contributed by atoms with Crippen LogP contribution >= 0.6 is 11.3 Å². The second-order valence-corrected chi connectivity index (χ2v) is 8.43. The van der Waals surface area contributed by atoms with Crippen LogP contribution in [-0.4, -0.2) is 55.4 Å². The van der Waals surface area contributed by atoms with Crippen LogP contribution in [0, 0.1) is 0 Å². The fourth-order valence-corrected chi connectivity index (χ4v) is 4.70. The van der Waals surface area contributed by atoms with Gasteiger partial charge in [0, 0.05) is 12.5 Å². The van der Waals surface area contributed by atoms with Gasteiger partial charge in [0.15, 0.2) is 11.5 Å². The van der Waals surface area contributed by atoms with E-state index in [-0.39, 0.29) is 11.9 Å². The number of hydrogen-bond donors (Lipinski definition) is 0. The summed E-state index contributed by atoms with van der Waals surface area (Å²) in [6.45, 7) is 4.66. The Balaban J connectivity index is 1.90. The predicted octanol–water partition coefficient (Wildman–Crippen LogP) is 4.56. The molecule has 162 valence electrons. The summed E-state index contributed by atoms with van der Waals surface area (Å²) in [5, 5.41) is 8.46. The van der Waals surface area contributed by atoms with Gasteiger partial charge in [-0.3, -0.25) is 9.69 Å². The van der Waals surface area contributed by atoms with E-state index in [4.69, 9.17) is 14.6 Å². The lowest BCUT2D eigenvalue weighted by molar-refractivity contribution is -0.134. The Hall–Kier alpha value is -2.38. The highest BCUT2D eigenvalue weighted by molar-refractivity contribution is 7.12. The van der Waals surface area contributed by atoms with Crippen LogP contribution in [0.25, 0.3) is 0 Å². The average molecular weight is 430 g/mol. The summed E-state index contributed by atoms with van der Waals surface area (Å²) < 4.78 is 10.9. The highest BCUT2D eigenvalue weighted by Crippen LogP contribution is 2.38. The molecular weight excluding hydrogens is 398 g/mol. The molecule has 1 atom stereocenters. The van der Waals surface area contributed by atoms with Gasteiger partial charge in [0.25, 0.3) is 5.91 Å². The molecule has 0 saturated heterocycles. The third-order valence-electron chi connectivity index (χ3n) is 5.71. The Morgan fingerprint density at radius 3 is 2.57 bits per heavy atom. The Morgan fingerprint density at radius 1 is 1.23 bits per heavy atom. The molecule has 3 rings (SSSR count). The minimum Gasteiger partial charge on any atom is -0.493 e. The molecule has 0 aliphatic carbocycles. The van der Waals surface area contributed by atoms with Crippen molar-refractivity contribution in [2.24, 2.45) is 5.10 Å². The van der Waals surface area contributed by atoms with Gasteiger partial charge < -0.3 is 9.47 Å². The molecule has 0 N–H and O–H groups in total. The molecule has 0 fully saturated rings. The van der Waals surface area contributed by atoms with Crippen molar-refractivity contribution in [1.82, 2.24) is 9.91 Å². The lowest BCUT2D eigenvalue weighted by Gasteiger charge is -2.29. The van der Waals surface area contributed by atoms with Crippen LogP contribution in [0.1, 0.15) is 49.6 Å². The average Bonchev–Trinajstić information content (AvgIpc) is 3.44. The van der Waals surface area contributed by atoms with Gasteiger partial charge in [0.2, 0.25) is 0 Å². The number of likely N-dealkylation sites (N-methyl/N-ethyl adjacent to an activating group) is 1. The highest BCUT2D eigenvalue weighted by Gasteiger charge is 2.34. The minimum absolute atomic E-state index is 0.00995. The van der Waals surface area contributed by atoms with Crippen molar-refractivity contribution < 1.29 is 14.3 Å². The smallest absolute Gasteiger partial charge is 0.257 e. The van der Waals surface area contributed by atoms with E-state index in [1.807, 2.05) is 36.7 Å². The van der Waals surface area contributed by atoms with Crippen molar-refractivity contribution in [3.63, 3.8) is 0 Å². The summed E-state index contributed by atoms with van der Waals surface area (Å²) in [6.07, 6.45) is 2.71. The van der Waals surface area contributed by atoms with E-state index in [9.17, 15) is 4.79 Å². The molecule has 0 radical (unpaired) electrons. The van der Waals surface area contributed by atoms with E-state index in [1.54, 1.807) is 30.6 Å². The lowest BCUT2D eigenvalue weighted by Crippen LogP contribution is -2.40. The zero-order valence-corrected chi connectivity index (χ0v) is 19.2. The zero-order chi connectivity index (χ0) is 21.7. The molecule has 1 unspecified atom stereocenters. The van der Waals surface area contributed by atoms with Crippen molar-refractivity contribution >= 4 is 23.0 Å².